The number of ether oxygens (including phenoxy) is 1. The van der Waals surface area contributed by atoms with Gasteiger partial charge in [-0.2, -0.15) is 0 Å². The van der Waals surface area contributed by atoms with Gasteiger partial charge in [-0.3, -0.25) is 9.69 Å². The first-order valence-electron chi connectivity index (χ1n) is 7.50. The van der Waals surface area contributed by atoms with Crippen LogP contribution in [-0.4, -0.2) is 31.0 Å². The molecule has 2 aromatic rings. The third-order valence-electron chi connectivity index (χ3n) is 3.50. The first kappa shape index (κ1) is 17.8. The Labute approximate surface area is 146 Å². The molecule has 0 fully saturated rings. The highest BCUT2D eigenvalue weighted by atomic mass is 35.5. The summed E-state index contributed by atoms with van der Waals surface area (Å²) in [6.45, 7) is 4.60. The van der Waals surface area contributed by atoms with Crippen molar-refractivity contribution in [3.63, 3.8) is 0 Å². The molecule has 1 N–H and O–H groups in total. The summed E-state index contributed by atoms with van der Waals surface area (Å²) in [6.07, 6.45) is 0.425. The van der Waals surface area contributed by atoms with Crippen molar-refractivity contribution < 1.29 is 9.53 Å². The fourth-order valence-corrected chi connectivity index (χ4v) is 3.14. The minimum absolute atomic E-state index is 0.0461. The lowest BCUT2D eigenvalue weighted by Gasteiger charge is -2.19. The number of methoxy groups -OCH3 is 1. The Kier molecular flexibility index (Phi) is 6.89. The predicted molar refractivity (Wildman–Crippen MR) is 96.5 cm³/mol. The van der Waals surface area contributed by atoms with Gasteiger partial charge >= 0.3 is 0 Å². The van der Waals surface area contributed by atoms with Gasteiger partial charge < -0.3 is 10.1 Å². The van der Waals surface area contributed by atoms with Crippen LogP contribution in [0, 0.1) is 0 Å². The van der Waals surface area contributed by atoms with Crippen LogP contribution in [0.5, 0.6) is 5.75 Å². The molecule has 124 valence electrons. The average molecular weight is 353 g/mol. The summed E-state index contributed by atoms with van der Waals surface area (Å²) < 4.78 is 5.24. The lowest BCUT2D eigenvalue weighted by atomic mass is 10.2. The van der Waals surface area contributed by atoms with Gasteiger partial charge in [-0.1, -0.05) is 24.6 Å². The molecule has 0 aliphatic rings. The highest BCUT2D eigenvalue weighted by Gasteiger charge is 2.11. The maximum atomic E-state index is 12.2. The van der Waals surface area contributed by atoms with Gasteiger partial charge in [-0.15, -0.1) is 11.3 Å². The second kappa shape index (κ2) is 8.91. The van der Waals surface area contributed by atoms with Crippen LogP contribution in [0.1, 0.15) is 18.2 Å². The number of nitrogens with one attached hydrogen (secondary N) is 1. The first-order valence-corrected chi connectivity index (χ1v) is 8.76. The molecule has 0 radical (unpaired) electrons. The van der Waals surface area contributed by atoms with Crippen molar-refractivity contribution >= 4 is 34.5 Å². The highest BCUT2D eigenvalue weighted by Crippen LogP contribution is 2.27. The van der Waals surface area contributed by atoms with Gasteiger partial charge in [-0.25, -0.2) is 0 Å². The van der Waals surface area contributed by atoms with Crippen LogP contribution < -0.4 is 10.1 Å². The smallest absolute Gasteiger partial charge is 0.225 e. The quantitative estimate of drug-likeness (QED) is 0.771. The number of halogens is 1. The van der Waals surface area contributed by atoms with Gasteiger partial charge in [0.25, 0.3) is 0 Å². The summed E-state index contributed by atoms with van der Waals surface area (Å²) >= 11 is 7.71. The molecule has 0 saturated carbocycles. The van der Waals surface area contributed by atoms with E-state index in [0.29, 0.717) is 29.4 Å². The molecule has 0 saturated heterocycles. The molecule has 0 spiro atoms. The number of anilines is 1. The topological polar surface area (TPSA) is 41.6 Å². The van der Waals surface area contributed by atoms with E-state index in [0.717, 1.165) is 13.1 Å². The van der Waals surface area contributed by atoms with Gasteiger partial charge in [0.05, 0.1) is 12.8 Å². The molecule has 0 unspecified atom stereocenters. The van der Waals surface area contributed by atoms with Crippen LogP contribution in [-0.2, 0) is 11.3 Å². The highest BCUT2D eigenvalue weighted by molar-refractivity contribution is 7.09. The summed E-state index contributed by atoms with van der Waals surface area (Å²) in [5.41, 5.74) is 0.603. The number of nitrogens with zero attached hydrogens (tertiary/aromatic N) is 1. The van der Waals surface area contributed by atoms with Crippen molar-refractivity contribution in [2.45, 2.75) is 19.9 Å². The van der Waals surface area contributed by atoms with Crippen molar-refractivity contribution in [3.05, 3.63) is 45.6 Å². The SMILES string of the molecule is CCN(CCC(=O)Nc1cc(Cl)ccc1OC)Cc1cccs1. The van der Waals surface area contributed by atoms with E-state index >= 15 is 0 Å². The fourth-order valence-electron chi connectivity index (χ4n) is 2.22. The maximum absolute atomic E-state index is 12.2. The number of rotatable bonds is 8. The molecule has 1 amide bonds. The monoisotopic (exact) mass is 352 g/mol. The zero-order valence-corrected chi connectivity index (χ0v) is 14.9. The van der Waals surface area contributed by atoms with Crippen molar-refractivity contribution in [1.29, 1.82) is 0 Å². The molecule has 0 aliphatic carbocycles. The van der Waals surface area contributed by atoms with Crippen molar-refractivity contribution in [2.75, 3.05) is 25.5 Å². The van der Waals surface area contributed by atoms with E-state index in [1.807, 2.05) is 6.07 Å². The van der Waals surface area contributed by atoms with Crippen LogP contribution in [0.15, 0.2) is 35.7 Å². The lowest BCUT2D eigenvalue weighted by molar-refractivity contribution is -0.116. The lowest BCUT2D eigenvalue weighted by Crippen LogP contribution is -2.27. The Balaban J connectivity index is 1.88. The van der Waals surface area contributed by atoms with E-state index in [1.165, 1.54) is 4.88 Å². The molecule has 0 atom stereocenters. The van der Waals surface area contributed by atoms with Crippen molar-refractivity contribution in [3.8, 4) is 5.75 Å². The Hall–Kier alpha value is -1.56. The number of hydrogen-bond donors (Lipinski definition) is 1. The van der Waals surface area contributed by atoms with E-state index in [-0.39, 0.29) is 5.91 Å². The summed E-state index contributed by atoms with van der Waals surface area (Å²) in [6, 6.07) is 9.33. The Morgan fingerprint density at radius 3 is 2.87 bits per heavy atom. The third kappa shape index (κ3) is 5.53. The average Bonchev–Trinajstić information content (AvgIpc) is 3.04. The molecule has 2 rings (SSSR count). The standard InChI is InChI=1S/C17H21ClN2O2S/c1-3-20(12-14-5-4-10-23-14)9-8-17(21)19-15-11-13(18)6-7-16(15)22-2/h4-7,10-11H,3,8-9,12H2,1-2H3,(H,19,21). The Morgan fingerprint density at radius 2 is 2.22 bits per heavy atom. The molecule has 4 nitrogen and oxygen atoms in total. The largest absolute Gasteiger partial charge is 0.495 e. The van der Waals surface area contributed by atoms with Crippen LogP contribution >= 0.6 is 22.9 Å². The summed E-state index contributed by atoms with van der Waals surface area (Å²) in [5.74, 6) is 0.559. The van der Waals surface area contributed by atoms with Gasteiger partial charge in [0.2, 0.25) is 5.91 Å². The fraction of sp³-hybridized carbons (Fsp3) is 0.353. The van der Waals surface area contributed by atoms with Gasteiger partial charge in [-0.05, 0) is 36.2 Å². The van der Waals surface area contributed by atoms with E-state index in [2.05, 4.69) is 28.6 Å². The normalized spacial score (nSPS) is 10.8. The van der Waals surface area contributed by atoms with E-state index in [4.69, 9.17) is 16.3 Å². The first-order chi connectivity index (χ1) is 11.1. The molecular formula is C17H21ClN2O2S. The predicted octanol–water partition coefficient (Wildman–Crippen LogP) is 4.26. The zero-order chi connectivity index (χ0) is 16.7. The van der Waals surface area contributed by atoms with Crippen LogP contribution in [0.4, 0.5) is 5.69 Å². The van der Waals surface area contributed by atoms with Crippen molar-refractivity contribution in [1.82, 2.24) is 4.90 Å². The molecule has 23 heavy (non-hydrogen) atoms. The number of carbonyl (C=O) groups excluding carboxylic acids is 1. The minimum atomic E-state index is -0.0461. The molecular weight excluding hydrogens is 332 g/mol. The summed E-state index contributed by atoms with van der Waals surface area (Å²) in [7, 11) is 1.57. The Morgan fingerprint density at radius 1 is 1.39 bits per heavy atom. The third-order valence-corrected chi connectivity index (χ3v) is 4.59. The Bertz CT molecular complexity index is 632. The molecule has 1 aromatic carbocycles. The van der Waals surface area contributed by atoms with Crippen LogP contribution in [0.25, 0.3) is 0 Å². The van der Waals surface area contributed by atoms with Crippen molar-refractivity contribution in [2.24, 2.45) is 0 Å². The number of amides is 1. The van der Waals surface area contributed by atoms with Gasteiger partial charge in [0.1, 0.15) is 5.75 Å². The molecule has 1 heterocycles. The van der Waals surface area contributed by atoms with E-state index < -0.39 is 0 Å². The summed E-state index contributed by atoms with van der Waals surface area (Å²) in [5, 5.41) is 5.50. The van der Waals surface area contributed by atoms with E-state index in [9.17, 15) is 4.79 Å². The number of hydrogen-bond acceptors (Lipinski definition) is 4. The van der Waals surface area contributed by atoms with Gasteiger partial charge in [0.15, 0.2) is 0 Å². The molecule has 0 bridgehead atoms. The van der Waals surface area contributed by atoms with Crippen LogP contribution in [0.3, 0.4) is 0 Å². The molecule has 0 aliphatic heterocycles. The van der Waals surface area contributed by atoms with Crippen LogP contribution in [0.2, 0.25) is 5.02 Å². The second-order valence-corrected chi connectivity index (χ2v) is 6.56. The number of thiophene rings is 1. The number of carbonyl (C=O) groups is 1. The number of benzene rings is 1. The maximum Gasteiger partial charge on any atom is 0.225 e. The van der Waals surface area contributed by atoms with Gasteiger partial charge in [0, 0.05) is 29.4 Å². The second-order valence-electron chi connectivity index (χ2n) is 5.09. The zero-order valence-electron chi connectivity index (χ0n) is 13.3. The summed E-state index contributed by atoms with van der Waals surface area (Å²) in [4.78, 5) is 15.7. The molecule has 1 aromatic heterocycles. The molecule has 6 heteroatoms. The van der Waals surface area contributed by atoms with E-state index in [1.54, 1.807) is 36.6 Å². The minimum Gasteiger partial charge on any atom is -0.495 e.